The average molecular weight is 644 g/mol. The first kappa shape index (κ1) is 28.9. The number of hydrogen-bond donors (Lipinski definition) is 2. The molecule has 0 unspecified atom stereocenters. The third-order valence-electron chi connectivity index (χ3n) is 7.26. The van der Waals surface area contributed by atoms with E-state index in [2.05, 4.69) is 10.0 Å². The van der Waals surface area contributed by atoms with Gasteiger partial charge in [0.2, 0.25) is 11.0 Å². The molecular formula is C33H19F4N4O4S+. The number of anilines is 1. The molecule has 7 rings (SSSR count). The largest absolute Gasteiger partial charge is 0.573 e. The van der Waals surface area contributed by atoms with Crippen molar-refractivity contribution in [2.45, 2.75) is 6.36 Å². The first-order valence-corrected chi connectivity index (χ1v) is 14.4. The van der Waals surface area contributed by atoms with Gasteiger partial charge < -0.3 is 15.6 Å². The number of benzene rings is 4. The fourth-order valence-corrected chi connectivity index (χ4v) is 6.34. The van der Waals surface area contributed by atoms with Crippen LogP contribution < -0.4 is 15.2 Å². The van der Waals surface area contributed by atoms with E-state index in [0.717, 1.165) is 44.5 Å². The van der Waals surface area contributed by atoms with Gasteiger partial charge in [-0.25, -0.2) is 9.37 Å². The van der Waals surface area contributed by atoms with Gasteiger partial charge in [-0.1, -0.05) is 54.6 Å². The number of thiophene rings is 1. The zero-order chi connectivity index (χ0) is 32.2. The zero-order valence-corrected chi connectivity index (χ0v) is 24.1. The summed E-state index contributed by atoms with van der Waals surface area (Å²) in [6.45, 7) is 0. The molecule has 3 N–H and O–H groups in total. The minimum Gasteiger partial charge on any atom is -0.474 e. The molecule has 0 saturated carbocycles. The Hall–Kier alpha value is -5.82. The highest BCUT2D eigenvalue weighted by Gasteiger charge is 2.38. The van der Waals surface area contributed by atoms with Gasteiger partial charge in [0.1, 0.15) is 21.3 Å². The van der Waals surface area contributed by atoms with Crippen LogP contribution in [0.5, 0.6) is 11.7 Å². The lowest BCUT2D eigenvalue weighted by atomic mass is 9.97. The normalized spacial score (nSPS) is 11.7. The van der Waals surface area contributed by atoms with Crippen molar-refractivity contribution in [3.8, 4) is 39.8 Å². The molecule has 228 valence electrons. The molecule has 0 atom stereocenters. The zero-order valence-electron chi connectivity index (χ0n) is 23.2. The van der Waals surface area contributed by atoms with E-state index in [9.17, 15) is 27.5 Å². The molecule has 0 aliphatic carbocycles. The number of aromatic hydroxyl groups is 1. The summed E-state index contributed by atoms with van der Waals surface area (Å²) in [4.78, 5) is 19.2. The predicted molar refractivity (Wildman–Crippen MR) is 162 cm³/mol. The van der Waals surface area contributed by atoms with Crippen LogP contribution in [-0.4, -0.2) is 27.5 Å². The number of nitrogen functional groups attached to an aromatic ring is 1. The summed E-state index contributed by atoms with van der Waals surface area (Å²) in [5.41, 5.74) is 8.71. The number of nitrogens with two attached hydrogens (primary N) is 1. The Morgan fingerprint density at radius 3 is 2.43 bits per heavy atom. The van der Waals surface area contributed by atoms with Crippen molar-refractivity contribution in [2.75, 3.05) is 5.73 Å². The van der Waals surface area contributed by atoms with Crippen LogP contribution in [0.25, 0.3) is 49.1 Å². The average Bonchev–Trinajstić information content (AvgIpc) is 3.59. The van der Waals surface area contributed by atoms with Crippen LogP contribution in [0, 0.1) is 5.82 Å². The van der Waals surface area contributed by atoms with Crippen LogP contribution in [0.3, 0.4) is 0 Å². The minimum absolute atomic E-state index is 0.0144. The minimum atomic E-state index is -4.90. The summed E-state index contributed by atoms with van der Waals surface area (Å²) in [5.74, 6) is -2.59. The van der Waals surface area contributed by atoms with Crippen molar-refractivity contribution in [1.29, 1.82) is 0 Å². The van der Waals surface area contributed by atoms with E-state index in [-0.39, 0.29) is 16.3 Å². The first-order chi connectivity index (χ1) is 22.1. The molecule has 0 amide bonds. The summed E-state index contributed by atoms with van der Waals surface area (Å²) in [6.07, 6.45) is -4.90. The lowest BCUT2D eigenvalue weighted by molar-refractivity contribution is -0.672. The second-order valence-corrected chi connectivity index (χ2v) is 11.1. The van der Waals surface area contributed by atoms with E-state index in [0.29, 0.717) is 27.0 Å². The van der Waals surface area contributed by atoms with Crippen LogP contribution in [0.2, 0.25) is 0 Å². The number of halogens is 4. The van der Waals surface area contributed by atoms with Crippen LogP contribution in [0.1, 0.15) is 15.4 Å². The lowest BCUT2D eigenvalue weighted by Crippen LogP contribution is -2.38. The summed E-state index contributed by atoms with van der Waals surface area (Å²) in [7, 11) is 0. The van der Waals surface area contributed by atoms with Gasteiger partial charge in [-0.15, -0.1) is 24.5 Å². The third-order valence-corrected chi connectivity index (χ3v) is 8.36. The number of fused-ring (bicyclic) bond motifs is 2. The van der Waals surface area contributed by atoms with E-state index >= 15 is 0 Å². The molecule has 0 aliphatic rings. The Bertz CT molecular complexity index is 2290. The van der Waals surface area contributed by atoms with E-state index in [1.807, 2.05) is 42.5 Å². The highest BCUT2D eigenvalue weighted by atomic mass is 32.1. The second-order valence-electron chi connectivity index (χ2n) is 10.1. The molecular weight excluding hydrogens is 624 g/mol. The van der Waals surface area contributed by atoms with Crippen molar-refractivity contribution in [1.82, 2.24) is 10.3 Å². The monoisotopic (exact) mass is 643 g/mol. The molecule has 0 radical (unpaired) electrons. The summed E-state index contributed by atoms with van der Waals surface area (Å²) >= 11 is 0.961. The van der Waals surface area contributed by atoms with E-state index in [4.69, 9.17) is 15.2 Å². The smallest absolute Gasteiger partial charge is 0.474 e. The van der Waals surface area contributed by atoms with Gasteiger partial charge in [0.25, 0.3) is 5.78 Å². The lowest BCUT2D eigenvalue weighted by Gasteiger charge is -2.11. The maximum Gasteiger partial charge on any atom is 0.573 e. The highest BCUT2D eigenvalue weighted by Crippen LogP contribution is 2.43. The van der Waals surface area contributed by atoms with Gasteiger partial charge in [0.15, 0.2) is 0 Å². The van der Waals surface area contributed by atoms with Crippen molar-refractivity contribution < 1.29 is 41.4 Å². The quantitative estimate of drug-likeness (QED) is 0.109. The van der Waals surface area contributed by atoms with Crippen LogP contribution in [0.4, 0.5) is 23.2 Å². The van der Waals surface area contributed by atoms with Gasteiger partial charge in [-0.2, -0.15) is 0 Å². The second kappa shape index (κ2) is 11.0. The molecule has 0 aliphatic heterocycles. The Kier molecular flexibility index (Phi) is 6.89. The fourth-order valence-electron chi connectivity index (χ4n) is 5.28. The highest BCUT2D eigenvalue weighted by molar-refractivity contribution is 7.21. The molecule has 0 saturated heterocycles. The number of aromatic nitrogens is 3. The number of hydrogen-bond acceptors (Lipinski definition) is 8. The SMILES string of the molecule is Nc1c(C(=O)c2c(O)on[n+]2-c2ccc(OC(F)(F)F)cc2)sc2nc(-c3cccc4ccccc34)cc(-c3cccc(F)c3)c12. The molecule has 3 aromatic heterocycles. The maximum absolute atomic E-state index is 14.5. The molecule has 13 heteroatoms. The summed E-state index contributed by atoms with van der Waals surface area (Å²) < 4.78 is 62.1. The molecule has 4 aromatic carbocycles. The van der Waals surface area contributed by atoms with Gasteiger partial charge in [-0.05, 0) is 52.2 Å². The van der Waals surface area contributed by atoms with Gasteiger partial charge >= 0.3 is 18.0 Å². The van der Waals surface area contributed by atoms with Crippen molar-refractivity contribution in [3.05, 3.63) is 113 Å². The van der Waals surface area contributed by atoms with Crippen LogP contribution in [0.15, 0.2) is 102 Å². The topological polar surface area (TPSA) is 115 Å². The van der Waals surface area contributed by atoms with Crippen molar-refractivity contribution in [3.63, 3.8) is 0 Å². The number of rotatable bonds is 6. The molecule has 0 spiro atoms. The number of nitrogens with zero attached hydrogens (tertiary/aromatic N) is 3. The maximum atomic E-state index is 14.5. The molecule has 46 heavy (non-hydrogen) atoms. The molecule has 7 aromatic rings. The van der Waals surface area contributed by atoms with E-state index in [1.165, 1.54) is 24.3 Å². The molecule has 8 nitrogen and oxygen atoms in total. The molecule has 0 bridgehead atoms. The number of carbonyl (C=O) groups excluding carboxylic acids is 1. The van der Waals surface area contributed by atoms with Crippen molar-refractivity contribution >= 4 is 43.8 Å². The first-order valence-electron chi connectivity index (χ1n) is 13.6. The van der Waals surface area contributed by atoms with Crippen LogP contribution >= 0.6 is 11.3 Å². The van der Waals surface area contributed by atoms with E-state index < -0.39 is 35.4 Å². The van der Waals surface area contributed by atoms with E-state index in [1.54, 1.807) is 18.2 Å². The number of carbonyl (C=O) groups is 1. The van der Waals surface area contributed by atoms with Gasteiger partial charge in [0, 0.05) is 27.8 Å². The number of pyridine rings is 1. The van der Waals surface area contributed by atoms with Gasteiger partial charge in [0.05, 0.1) is 11.4 Å². The molecule has 0 fully saturated rings. The standard InChI is InChI=1S/C33H18F4N4O4S/c34-19-8-3-7-18(15-19)24-16-25(23-10-4-6-17-5-1-2-9-22(17)23)39-31-26(24)27(38)30(46-31)29(42)28-32(43)45-40-41(28)20-11-13-21(14-12-20)44-33(35,36)37/h1-16H,(H2-,38,40,42,43)/p+1. The predicted octanol–water partition coefficient (Wildman–Crippen LogP) is 7.60. The number of ether oxygens (including phenoxy) is 1. The number of alkyl halides is 3. The third kappa shape index (κ3) is 5.16. The number of ketones is 1. The summed E-state index contributed by atoms with van der Waals surface area (Å²) in [5, 5.41) is 16.5. The Balaban J connectivity index is 1.39. The van der Waals surface area contributed by atoms with Gasteiger partial charge in [-0.3, -0.25) is 9.32 Å². The Morgan fingerprint density at radius 2 is 1.67 bits per heavy atom. The van der Waals surface area contributed by atoms with Crippen molar-refractivity contribution in [2.24, 2.45) is 0 Å². The Morgan fingerprint density at radius 1 is 0.935 bits per heavy atom. The fraction of sp³-hybridized carbons (Fsp3) is 0.0303. The van der Waals surface area contributed by atoms with Crippen LogP contribution in [-0.2, 0) is 0 Å². The summed E-state index contributed by atoms with van der Waals surface area (Å²) in [6, 6.07) is 25.8. The molecule has 3 heterocycles. The Labute approximate surface area is 260 Å².